The first-order valence-electron chi connectivity index (χ1n) is 8.71. The number of anilines is 1. The first kappa shape index (κ1) is 17.9. The molecule has 3 rings (SSSR count). The van der Waals surface area contributed by atoms with Gasteiger partial charge in [0.25, 0.3) is 5.91 Å². The van der Waals surface area contributed by atoms with Crippen molar-refractivity contribution in [1.82, 2.24) is 10.2 Å². The van der Waals surface area contributed by atoms with Gasteiger partial charge in [0.15, 0.2) is 0 Å². The third kappa shape index (κ3) is 4.02. The maximum Gasteiger partial charge on any atom is 0.317 e. The fraction of sp³-hybridized carbons (Fsp3) is 0.300. The number of hydrogen-bond donors (Lipinski definition) is 2. The summed E-state index contributed by atoms with van der Waals surface area (Å²) in [6.45, 7) is 1.36. The van der Waals surface area contributed by atoms with E-state index in [-0.39, 0.29) is 23.5 Å². The summed E-state index contributed by atoms with van der Waals surface area (Å²) < 4.78 is 13.7. The Morgan fingerprint density at radius 3 is 2.73 bits per heavy atom. The number of benzene rings is 2. The molecule has 1 fully saturated rings. The first-order valence-corrected chi connectivity index (χ1v) is 8.71. The van der Waals surface area contributed by atoms with Crippen molar-refractivity contribution in [2.24, 2.45) is 0 Å². The van der Waals surface area contributed by atoms with Gasteiger partial charge in [0, 0.05) is 31.6 Å². The summed E-state index contributed by atoms with van der Waals surface area (Å²) in [6.07, 6.45) is 1.88. The van der Waals surface area contributed by atoms with Crippen molar-refractivity contribution in [2.45, 2.75) is 18.8 Å². The average molecular weight is 355 g/mol. The molecule has 0 saturated carbocycles. The van der Waals surface area contributed by atoms with Gasteiger partial charge in [-0.1, -0.05) is 24.3 Å². The van der Waals surface area contributed by atoms with Gasteiger partial charge in [0.05, 0.1) is 5.69 Å². The third-order valence-electron chi connectivity index (χ3n) is 4.66. The van der Waals surface area contributed by atoms with Crippen LogP contribution in [-0.2, 0) is 0 Å². The molecule has 136 valence electrons. The van der Waals surface area contributed by atoms with E-state index < -0.39 is 5.82 Å². The predicted molar refractivity (Wildman–Crippen MR) is 98.8 cm³/mol. The van der Waals surface area contributed by atoms with Gasteiger partial charge in [0.2, 0.25) is 0 Å². The van der Waals surface area contributed by atoms with Crippen molar-refractivity contribution in [3.05, 3.63) is 65.5 Å². The minimum atomic E-state index is -0.467. The fourth-order valence-corrected chi connectivity index (χ4v) is 3.28. The number of para-hydroxylation sites is 1. The number of carbonyl (C=O) groups excluding carboxylic acids is 2. The number of carbonyl (C=O) groups is 2. The van der Waals surface area contributed by atoms with Crippen molar-refractivity contribution in [3.8, 4) is 0 Å². The molecule has 0 bridgehead atoms. The van der Waals surface area contributed by atoms with Gasteiger partial charge in [-0.05, 0) is 42.7 Å². The van der Waals surface area contributed by atoms with Crippen molar-refractivity contribution < 1.29 is 14.0 Å². The number of nitrogens with zero attached hydrogens (tertiary/aromatic N) is 1. The Balaban J connectivity index is 1.74. The van der Waals surface area contributed by atoms with Crippen LogP contribution in [0, 0.1) is 5.82 Å². The average Bonchev–Trinajstić information content (AvgIpc) is 2.69. The number of likely N-dealkylation sites (tertiary alicyclic amines) is 1. The lowest BCUT2D eigenvalue weighted by molar-refractivity contribution is 0.102. The molecule has 5 nitrogen and oxygen atoms in total. The Hall–Kier alpha value is -2.89. The van der Waals surface area contributed by atoms with Crippen molar-refractivity contribution in [2.75, 3.05) is 25.5 Å². The summed E-state index contributed by atoms with van der Waals surface area (Å²) in [4.78, 5) is 26.1. The maximum absolute atomic E-state index is 13.7. The lowest BCUT2D eigenvalue weighted by atomic mass is 9.89. The molecular weight excluding hydrogens is 333 g/mol. The van der Waals surface area contributed by atoms with Gasteiger partial charge in [-0.15, -0.1) is 0 Å². The van der Waals surface area contributed by atoms with E-state index in [1.54, 1.807) is 30.1 Å². The van der Waals surface area contributed by atoms with Crippen LogP contribution >= 0.6 is 0 Å². The lowest BCUT2D eigenvalue weighted by Crippen LogP contribution is -2.43. The van der Waals surface area contributed by atoms with Crippen molar-refractivity contribution in [1.29, 1.82) is 0 Å². The molecule has 1 aliphatic rings. The zero-order valence-corrected chi connectivity index (χ0v) is 14.7. The minimum Gasteiger partial charge on any atom is -0.341 e. The summed E-state index contributed by atoms with van der Waals surface area (Å²) >= 11 is 0. The van der Waals surface area contributed by atoms with Gasteiger partial charge in [-0.3, -0.25) is 4.79 Å². The highest BCUT2D eigenvalue weighted by molar-refractivity contribution is 6.04. The Morgan fingerprint density at radius 1 is 1.15 bits per heavy atom. The summed E-state index contributed by atoms with van der Waals surface area (Å²) in [5, 5.41) is 5.26. The van der Waals surface area contributed by atoms with Crippen molar-refractivity contribution in [3.63, 3.8) is 0 Å². The maximum atomic E-state index is 13.7. The molecule has 1 heterocycles. The summed E-state index contributed by atoms with van der Waals surface area (Å²) in [5.74, 6) is -0.635. The predicted octanol–water partition coefficient (Wildman–Crippen LogP) is 3.60. The summed E-state index contributed by atoms with van der Waals surface area (Å²) in [7, 11) is 1.62. The number of halogens is 1. The number of rotatable bonds is 3. The van der Waals surface area contributed by atoms with Gasteiger partial charge in [-0.2, -0.15) is 0 Å². The Bertz CT molecular complexity index is 809. The van der Waals surface area contributed by atoms with Gasteiger partial charge < -0.3 is 15.5 Å². The van der Waals surface area contributed by atoms with Crippen LogP contribution in [0.15, 0.2) is 48.5 Å². The Kier molecular flexibility index (Phi) is 5.51. The highest BCUT2D eigenvalue weighted by Gasteiger charge is 2.24. The van der Waals surface area contributed by atoms with E-state index in [1.165, 1.54) is 12.1 Å². The first-order chi connectivity index (χ1) is 12.6. The molecule has 1 saturated heterocycles. The van der Waals surface area contributed by atoms with Crippen LogP contribution in [0.3, 0.4) is 0 Å². The summed E-state index contributed by atoms with van der Waals surface area (Å²) in [5.41, 5.74) is 1.65. The molecule has 1 aliphatic heterocycles. The minimum absolute atomic E-state index is 0.0804. The van der Waals surface area contributed by atoms with E-state index in [2.05, 4.69) is 10.6 Å². The second-order valence-corrected chi connectivity index (χ2v) is 6.40. The molecule has 2 N–H and O–H groups in total. The Labute approximate surface area is 152 Å². The van der Waals surface area contributed by atoms with E-state index in [1.807, 2.05) is 18.2 Å². The highest BCUT2D eigenvalue weighted by Crippen LogP contribution is 2.27. The molecule has 0 unspecified atom stereocenters. The largest absolute Gasteiger partial charge is 0.341 e. The second-order valence-electron chi connectivity index (χ2n) is 6.40. The van der Waals surface area contributed by atoms with Crippen LogP contribution in [-0.4, -0.2) is 37.0 Å². The van der Waals surface area contributed by atoms with Crippen LogP contribution in [0.2, 0.25) is 0 Å². The second kappa shape index (κ2) is 7.99. The van der Waals surface area contributed by atoms with E-state index in [4.69, 9.17) is 0 Å². The zero-order valence-electron chi connectivity index (χ0n) is 14.7. The standard InChI is InChI=1S/C20H22FN3O2/c1-22-20(26)24-11-5-8-16(13-24)14-6-4-7-15(12-14)19(25)23-18-10-3-2-9-17(18)21/h2-4,6-7,9-10,12,16H,5,8,11,13H2,1H3,(H,22,26)(H,23,25)/t16-/m0/s1. The Morgan fingerprint density at radius 2 is 1.96 bits per heavy atom. The molecule has 0 radical (unpaired) electrons. The van der Waals surface area contributed by atoms with Crippen LogP contribution < -0.4 is 10.6 Å². The molecular formula is C20H22FN3O2. The fourth-order valence-electron chi connectivity index (χ4n) is 3.28. The molecule has 0 aromatic heterocycles. The number of urea groups is 1. The van der Waals surface area contributed by atoms with E-state index in [0.717, 1.165) is 24.9 Å². The molecule has 1 atom stereocenters. The third-order valence-corrected chi connectivity index (χ3v) is 4.66. The highest BCUT2D eigenvalue weighted by atomic mass is 19.1. The van der Waals surface area contributed by atoms with Crippen LogP contribution in [0.4, 0.5) is 14.9 Å². The van der Waals surface area contributed by atoms with E-state index in [9.17, 15) is 14.0 Å². The number of hydrogen-bond acceptors (Lipinski definition) is 2. The van der Waals surface area contributed by atoms with Crippen LogP contribution in [0.5, 0.6) is 0 Å². The molecule has 2 aromatic rings. The number of nitrogens with one attached hydrogen (secondary N) is 2. The van der Waals surface area contributed by atoms with E-state index in [0.29, 0.717) is 12.1 Å². The van der Waals surface area contributed by atoms with Gasteiger partial charge in [0.1, 0.15) is 5.82 Å². The quantitative estimate of drug-likeness (QED) is 0.884. The topological polar surface area (TPSA) is 61.4 Å². The lowest BCUT2D eigenvalue weighted by Gasteiger charge is -2.32. The van der Waals surface area contributed by atoms with Crippen LogP contribution in [0.25, 0.3) is 0 Å². The molecule has 0 aliphatic carbocycles. The zero-order chi connectivity index (χ0) is 18.5. The monoisotopic (exact) mass is 355 g/mol. The number of piperidine rings is 1. The molecule has 6 heteroatoms. The smallest absolute Gasteiger partial charge is 0.317 e. The molecule has 26 heavy (non-hydrogen) atoms. The summed E-state index contributed by atoms with van der Waals surface area (Å²) in [6, 6.07) is 13.3. The van der Waals surface area contributed by atoms with Gasteiger partial charge in [-0.25, -0.2) is 9.18 Å². The molecule has 3 amide bonds. The van der Waals surface area contributed by atoms with Crippen molar-refractivity contribution >= 4 is 17.6 Å². The van der Waals surface area contributed by atoms with E-state index >= 15 is 0 Å². The SMILES string of the molecule is CNC(=O)N1CCC[C@H](c2cccc(C(=O)Nc3ccccc3F)c2)C1. The molecule has 0 spiro atoms. The molecule has 2 aromatic carbocycles. The normalized spacial score (nSPS) is 16.8. The number of amides is 3. The van der Waals surface area contributed by atoms with Gasteiger partial charge >= 0.3 is 6.03 Å². The van der Waals surface area contributed by atoms with Crippen LogP contribution in [0.1, 0.15) is 34.7 Å².